The molecule has 0 saturated heterocycles. The Hall–Kier alpha value is -1.57. The number of hydrogen-bond donors (Lipinski definition) is 0. The molecule has 0 radical (unpaired) electrons. The van der Waals surface area contributed by atoms with Gasteiger partial charge in [-0.15, -0.1) is 0 Å². The summed E-state index contributed by atoms with van der Waals surface area (Å²) in [6.07, 6.45) is 2.29. The SMILES string of the molecule is CCN(CC)c1ccc2c(c1)CC(=O)C=C2C. The van der Waals surface area contributed by atoms with Crippen molar-refractivity contribution in [2.75, 3.05) is 18.0 Å². The summed E-state index contributed by atoms with van der Waals surface area (Å²) in [5.74, 6) is 0.215. The van der Waals surface area contributed by atoms with Crippen LogP contribution in [0.25, 0.3) is 5.57 Å². The molecule has 1 aliphatic rings. The first-order valence-corrected chi connectivity index (χ1v) is 6.25. The highest BCUT2D eigenvalue weighted by atomic mass is 16.1. The first-order chi connectivity index (χ1) is 8.15. The molecular formula is C15H19NO. The van der Waals surface area contributed by atoms with Gasteiger partial charge >= 0.3 is 0 Å². The Morgan fingerprint density at radius 2 is 1.94 bits per heavy atom. The molecule has 0 amide bonds. The van der Waals surface area contributed by atoms with Crippen molar-refractivity contribution >= 4 is 17.0 Å². The summed E-state index contributed by atoms with van der Waals surface area (Å²) < 4.78 is 0. The Labute approximate surface area is 103 Å². The monoisotopic (exact) mass is 229 g/mol. The van der Waals surface area contributed by atoms with Crippen LogP contribution in [0.15, 0.2) is 24.3 Å². The van der Waals surface area contributed by atoms with E-state index >= 15 is 0 Å². The highest BCUT2D eigenvalue weighted by Gasteiger charge is 2.15. The molecular weight excluding hydrogens is 210 g/mol. The molecule has 0 unspecified atom stereocenters. The van der Waals surface area contributed by atoms with Gasteiger partial charge in [0.05, 0.1) is 0 Å². The third-order valence-corrected chi connectivity index (χ3v) is 3.38. The molecule has 0 saturated carbocycles. The van der Waals surface area contributed by atoms with E-state index in [9.17, 15) is 4.79 Å². The lowest BCUT2D eigenvalue weighted by molar-refractivity contribution is -0.114. The fourth-order valence-corrected chi connectivity index (χ4v) is 2.45. The second-order valence-corrected chi connectivity index (χ2v) is 4.48. The Kier molecular flexibility index (Phi) is 3.32. The minimum absolute atomic E-state index is 0.215. The Morgan fingerprint density at radius 1 is 1.24 bits per heavy atom. The minimum Gasteiger partial charge on any atom is -0.372 e. The van der Waals surface area contributed by atoms with E-state index in [1.54, 1.807) is 6.08 Å². The van der Waals surface area contributed by atoms with Gasteiger partial charge in [-0.05, 0) is 55.7 Å². The molecule has 0 atom stereocenters. The van der Waals surface area contributed by atoms with Gasteiger partial charge in [0.25, 0.3) is 0 Å². The third kappa shape index (κ3) is 2.26. The fraction of sp³-hybridized carbons (Fsp3) is 0.400. The Balaban J connectivity index is 2.41. The molecule has 1 aliphatic carbocycles. The van der Waals surface area contributed by atoms with Crippen molar-refractivity contribution in [2.24, 2.45) is 0 Å². The van der Waals surface area contributed by atoms with Gasteiger partial charge in [0, 0.05) is 25.2 Å². The molecule has 2 nitrogen and oxygen atoms in total. The number of benzene rings is 1. The molecule has 90 valence electrons. The van der Waals surface area contributed by atoms with Gasteiger partial charge in [-0.25, -0.2) is 0 Å². The second kappa shape index (κ2) is 4.74. The average molecular weight is 229 g/mol. The first-order valence-electron chi connectivity index (χ1n) is 6.25. The number of nitrogens with zero attached hydrogens (tertiary/aromatic N) is 1. The zero-order chi connectivity index (χ0) is 12.4. The number of ketones is 1. The normalized spacial score (nSPS) is 14.3. The number of carbonyl (C=O) groups excluding carboxylic acids is 1. The summed E-state index contributed by atoms with van der Waals surface area (Å²) in [7, 11) is 0. The molecule has 0 aromatic heterocycles. The van der Waals surface area contributed by atoms with E-state index in [1.807, 2.05) is 6.92 Å². The van der Waals surface area contributed by atoms with Crippen LogP contribution in [-0.2, 0) is 11.2 Å². The highest BCUT2D eigenvalue weighted by molar-refractivity contribution is 6.01. The van der Waals surface area contributed by atoms with E-state index in [-0.39, 0.29) is 5.78 Å². The number of allylic oxidation sites excluding steroid dienone is 2. The summed E-state index contributed by atoms with van der Waals surface area (Å²) in [4.78, 5) is 13.9. The lowest BCUT2D eigenvalue weighted by atomic mass is 9.90. The van der Waals surface area contributed by atoms with E-state index in [0.717, 1.165) is 18.7 Å². The largest absolute Gasteiger partial charge is 0.372 e. The lowest BCUT2D eigenvalue weighted by Crippen LogP contribution is -2.22. The van der Waals surface area contributed by atoms with Crippen molar-refractivity contribution in [1.82, 2.24) is 0 Å². The van der Waals surface area contributed by atoms with Gasteiger partial charge in [0.15, 0.2) is 5.78 Å². The fourth-order valence-electron chi connectivity index (χ4n) is 2.45. The predicted octanol–water partition coefficient (Wildman–Crippen LogP) is 3.06. The zero-order valence-electron chi connectivity index (χ0n) is 10.8. The number of carbonyl (C=O) groups is 1. The van der Waals surface area contributed by atoms with Gasteiger partial charge in [-0.2, -0.15) is 0 Å². The van der Waals surface area contributed by atoms with Crippen LogP contribution in [0.3, 0.4) is 0 Å². The van der Waals surface area contributed by atoms with Crippen molar-refractivity contribution in [2.45, 2.75) is 27.2 Å². The van der Waals surface area contributed by atoms with Crippen LogP contribution < -0.4 is 4.90 Å². The summed E-state index contributed by atoms with van der Waals surface area (Å²) in [6.45, 7) is 8.31. The quantitative estimate of drug-likeness (QED) is 0.794. The molecule has 0 aliphatic heterocycles. The smallest absolute Gasteiger partial charge is 0.160 e. The maximum atomic E-state index is 11.6. The van der Waals surface area contributed by atoms with E-state index in [0.29, 0.717) is 6.42 Å². The Morgan fingerprint density at radius 3 is 2.59 bits per heavy atom. The van der Waals surface area contributed by atoms with Crippen molar-refractivity contribution < 1.29 is 4.79 Å². The molecule has 0 bridgehead atoms. The topological polar surface area (TPSA) is 20.3 Å². The maximum absolute atomic E-state index is 11.6. The number of hydrogen-bond acceptors (Lipinski definition) is 2. The van der Waals surface area contributed by atoms with Gasteiger partial charge in [-0.3, -0.25) is 4.79 Å². The number of fused-ring (bicyclic) bond motifs is 1. The lowest BCUT2D eigenvalue weighted by Gasteiger charge is -2.23. The summed E-state index contributed by atoms with van der Waals surface area (Å²) in [6, 6.07) is 6.46. The highest BCUT2D eigenvalue weighted by Crippen LogP contribution is 2.28. The van der Waals surface area contributed by atoms with E-state index in [1.165, 1.54) is 16.8 Å². The van der Waals surface area contributed by atoms with Crippen LogP contribution in [0, 0.1) is 0 Å². The van der Waals surface area contributed by atoms with Gasteiger partial charge < -0.3 is 4.90 Å². The molecule has 17 heavy (non-hydrogen) atoms. The van der Waals surface area contributed by atoms with Crippen LogP contribution in [-0.4, -0.2) is 18.9 Å². The first kappa shape index (κ1) is 11.9. The van der Waals surface area contributed by atoms with Crippen molar-refractivity contribution in [3.05, 3.63) is 35.4 Å². The zero-order valence-corrected chi connectivity index (χ0v) is 10.8. The summed E-state index contributed by atoms with van der Waals surface area (Å²) in [5, 5.41) is 0. The van der Waals surface area contributed by atoms with E-state index in [2.05, 4.69) is 36.9 Å². The standard InChI is InChI=1S/C15H19NO/c1-4-16(5-2)13-6-7-15-11(3)8-14(17)10-12(15)9-13/h6-9H,4-5,10H2,1-3H3. The van der Waals surface area contributed by atoms with Crippen LogP contribution in [0.4, 0.5) is 5.69 Å². The molecule has 0 spiro atoms. The van der Waals surface area contributed by atoms with Crippen LogP contribution in [0.2, 0.25) is 0 Å². The number of rotatable bonds is 3. The molecule has 1 aromatic rings. The second-order valence-electron chi connectivity index (χ2n) is 4.48. The van der Waals surface area contributed by atoms with Crippen LogP contribution in [0.1, 0.15) is 31.9 Å². The molecule has 0 heterocycles. The molecule has 0 fully saturated rings. The van der Waals surface area contributed by atoms with Crippen molar-refractivity contribution in [3.8, 4) is 0 Å². The molecule has 2 rings (SSSR count). The minimum atomic E-state index is 0.215. The predicted molar refractivity (Wildman–Crippen MR) is 72.4 cm³/mol. The maximum Gasteiger partial charge on any atom is 0.160 e. The summed E-state index contributed by atoms with van der Waals surface area (Å²) >= 11 is 0. The Bertz CT molecular complexity index is 470. The average Bonchev–Trinajstić information content (AvgIpc) is 2.30. The van der Waals surface area contributed by atoms with E-state index < -0.39 is 0 Å². The van der Waals surface area contributed by atoms with E-state index in [4.69, 9.17) is 0 Å². The molecule has 0 N–H and O–H groups in total. The van der Waals surface area contributed by atoms with Crippen molar-refractivity contribution in [1.29, 1.82) is 0 Å². The van der Waals surface area contributed by atoms with Crippen LogP contribution >= 0.6 is 0 Å². The van der Waals surface area contributed by atoms with Gasteiger partial charge in [0.2, 0.25) is 0 Å². The third-order valence-electron chi connectivity index (χ3n) is 3.38. The van der Waals surface area contributed by atoms with Crippen LogP contribution in [0.5, 0.6) is 0 Å². The number of anilines is 1. The van der Waals surface area contributed by atoms with Gasteiger partial charge in [0.1, 0.15) is 0 Å². The molecule has 2 heteroatoms. The summed E-state index contributed by atoms with van der Waals surface area (Å²) in [5.41, 5.74) is 4.69. The molecule has 1 aromatic carbocycles. The van der Waals surface area contributed by atoms with Gasteiger partial charge in [-0.1, -0.05) is 6.07 Å². The van der Waals surface area contributed by atoms with Crippen molar-refractivity contribution in [3.63, 3.8) is 0 Å².